The van der Waals surface area contributed by atoms with E-state index in [1.807, 2.05) is 39.0 Å². The predicted molar refractivity (Wildman–Crippen MR) is 86.7 cm³/mol. The zero-order valence-corrected chi connectivity index (χ0v) is 13.1. The van der Waals surface area contributed by atoms with Gasteiger partial charge in [-0.3, -0.25) is 4.79 Å². The number of carbonyl (C=O) groups excluding carboxylic acids is 1. The monoisotopic (exact) mass is 299 g/mol. The number of rotatable bonds is 2. The molecule has 0 saturated carbocycles. The Morgan fingerprint density at radius 1 is 1.38 bits per heavy atom. The summed E-state index contributed by atoms with van der Waals surface area (Å²) in [7, 11) is 0. The highest BCUT2D eigenvalue weighted by molar-refractivity contribution is 7.13. The highest BCUT2D eigenvalue weighted by Gasteiger charge is 2.15. The minimum absolute atomic E-state index is 0.155. The second kappa shape index (κ2) is 6.53. The smallest absolute Gasteiger partial charge is 0.267 e. The lowest BCUT2D eigenvalue weighted by atomic mass is 10.1. The molecule has 0 fully saturated rings. The van der Waals surface area contributed by atoms with Gasteiger partial charge in [-0.2, -0.15) is 0 Å². The van der Waals surface area contributed by atoms with Gasteiger partial charge >= 0.3 is 0 Å². The summed E-state index contributed by atoms with van der Waals surface area (Å²) in [5, 5.41) is 3.78. The van der Waals surface area contributed by atoms with Gasteiger partial charge in [-0.1, -0.05) is 17.9 Å². The topological polar surface area (TPSA) is 68.0 Å². The number of nitrogens with two attached hydrogens (primary N) is 1. The van der Waals surface area contributed by atoms with Crippen LogP contribution in [0.4, 0.5) is 5.69 Å². The van der Waals surface area contributed by atoms with Gasteiger partial charge in [0.15, 0.2) is 0 Å². The molecule has 1 heterocycles. The average Bonchev–Trinajstić information content (AvgIpc) is 2.78. The van der Waals surface area contributed by atoms with E-state index in [1.165, 1.54) is 11.3 Å². The Kier molecular flexibility index (Phi) is 4.73. The molecule has 0 unspecified atom stereocenters. The van der Waals surface area contributed by atoms with Crippen LogP contribution in [0.25, 0.3) is 0 Å². The van der Waals surface area contributed by atoms with Crippen molar-refractivity contribution >= 4 is 22.9 Å². The van der Waals surface area contributed by atoms with E-state index in [9.17, 15) is 4.79 Å². The minimum atomic E-state index is -0.155. The van der Waals surface area contributed by atoms with Gasteiger partial charge < -0.3 is 11.1 Å². The maximum atomic E-state index is 12.3. The molecule has 1 aromatic heterocycles. The molecule has 2 rings (SSSR count). The molecule has 1 amide bonds. The van der Waals surface area contributed by atoms with Gasteiger partial charge in [-0.15, -0.1) is 11.3 Å². The number of aromatic nitrogens is 1. The molecule has 0 saturated heterocycles. The standard InChI is InChI=1S/C16H17N3OS/c1-10-6-7-14(13(9-10)5-4-8-17)19-16(20)15-11(2)18-12(3)21-15/h6-7,9H,8,17H2,1-3H3,(H,19,20). The third-order valence-electron chi connectivity index (χ3n) is 2.86. The first-order valence-electron chi connectivity index (χ1n) is 6.56. The Hall–Kier alpha value is -2.16. The van der Waals surface area contributed by atoms with Crippen molar-refractivity contribution in [3.05, 3.63) is 44.9 Å². The normalized spacial score (nSPS) is 9.90. The molecule has 108 valence electrons. The summed E-state index contributed by atoms with van der Waals surface area (Å²) in [6.45, 7) is 5.99. The molecule has 2 aromatic rings. The molecule has 0 aliphatic carbocycles. The van der Waals surface area contributed by atoms with Gasteiger partial charge in [0, 0.05) is 5.56 Å². The fourth-order valence-electron chi connectivity index (χ4n) is 1.94. The van der Waals surface area contributed by atoms with Crippen molar-refractivity contribution in [3.8, 4) is 11.8 Å². The van der Waals surface area contributed by atoms with E-state index in [2.05, 4.69) is 22.1 Å². The molecule has 0 atom stereocenters. The first kappa shape index (κ1) is 15.2. The summed E-state index contributed by atoms with van der Waals surface area (Å²) in [6, 6.07) is 5.73. The molecule has 0 spiro atoms. The number of nitrogens with zero attached hydrogens (tertiary/aromatic N) is 1. The van der Waals surface area contributed by atoms with Gasteiger partial charge in [0.2, 0.25) is 0 Å². The molecular formula is C16H17N3OS. The van der Waals surface area contributed by atoms with Crippen molar-refractivity contribution in [1.82, 2.24) is 4.98 Å². The number of nitrogens with one attached hydrogen (secondary N) is 1. The Morgan fingerprint density at radius 3 is 2.76 bits per heavy atom. The van der Waals surface area contributed by atoms with Gasteiger partial charge in [0.25, 0.3) is 5.91 Å². The van der Waals surface area contributed by atoms with Crippen molar-refractivity contribution in [2.45, 2.75) is 20.8 Å². The Morgan fingerprint density at radius 2 is 2.14 bits per heavy atom. The highest BCUT2D eigenvalue weighted by Crippen LogP contribution is 2.21. The van der Waals surface area contributed by atoms with Crippen molar-refractivity contribution in [2.24, 2.45) is 5.73 Å². The molecule has 3 N–H and O–H groups in total. The molecule has 0 aliphatic heterocycles. The minimum Gasteiger partial charge on any atom is -0.320 e. The number of aryl methyl sites for hydroxylation is 3. The van der Waals surface area contributed by atoms with Crippen LogP contribution in [0.2, 0.25) is 0 Å². The molecule has 21 heavy (non-hydrogen) atoms. The third-order valence-corrected chi connectivity index (χ3v) is 3.93. The number of amides is 1. The van der Waals surface area contributed by atoms with Crippen LogP contribution in [0, 0.1) is 32.6 Å². The SMILES string of the molecule is Cc1ccc(NC(=O)c2sc(C)nc2C)c(C#CCN)c1. The van der Waals surface area contributed by atoms with Gasteiger partial charge in [0.05, 0.1) is 22.9 Å². The van der Waals surface area contributed by atoms with Gasteiger partial charge in [0.1, 0.15) is 4.88 Å². The summed E-state index contributed by atoms with van der Waals surface area (Å²) < 4.78 is 0. The van der Waals surface area contributed by atoms with Crippen molar-refractivity contribution in [3.63, 3.8) is 0 Å². The maximum Gasteiger partial charge on any atom is 0.267 e. The van der Waals surface area contributed by atoms with Crippen LogP contribution in [0.5, 0.6) is 0 Å². The van der Waals surface area contributed by atoms with E-state index in [1.54, 1.807) is 0 Å². The second-order valence-electron chi connectivity index (χ2n) is 4.66. The Balaban J connectivity index is 2.31. The number of hydrogen-bond acceptors (Lipinski definition) is 4. The van der Waals surface area contributed by atoms with E-state index < -0.39 is 0 Å². The molecule has 5 heteroatoms. The lowest BCUT2D eigenvalue weighted by Crippen LogP contribution is -2.12. The van der Waals surface area contributed by atoms with Crippen molar-refractivity contribution < 1.29 is 4.79 Å². The number of anilines is 1. The third kappa shape index (κ3) is 3.69. The van der Waals surface area contributed by atoms with Crippen LogP contribution in [-0.4, -0.2) is 17.4 Å². The van der Waals surface area contributed by atoms with Gasteiger partial charge in [-0.25, -0.2) is 4.98 Å². The predicted octanol–water partition coefficient (Wildman–Crippen LogP) is 2.63. The Labute approximate surface area is 128 Å². The summed E-state index contributed by atoms with van der Waals surface area (Å²) in [6.07, 6.45) is 0. The molecule has 0 aliphatic rings. The summed E-state index contributed by atoms with van der Waals surface area (Å²) in [4.78, 5) is 17.2. The van der Waals surface area contributed by atoms with E-state index in [4.69, 9.17) is 5.73 Å². The van der Waals surface area contributed by atoms with E-state index in [0.717, 1.165) is 21.8 Å². The van der Waals surface area contributed by atoms with Crippen LogP contribution >= 0.6 is 11.3 Å². The molecule has 0 radical (unpaired) electrons. The van der Waals surface area contributed by atoms with Crippen molar-refractivity contribution in [1.29, 1.82) is 0 Å². The van der Waals surface area contributed by atoms with E-state index in [-0.39, 0.29) is 12.5 Å². The summed E-state index contributed by atoms with van der Waals surface area (Å²) >= 11 is 1.39. The summed E-state index contributed by atoms with van der Waals surface area (Å²) in [5.74, 6) is 5.65. The van der Waals surface area contributed by atoms with Crippen LogP contribution in [0.1, 0.15) is 31.5 Å². The number of hydrogen-bond donors (Lipinski definition) is 2. The molecule has 1 aromatic carbocycles. The van der Waals surface area contributed by atoms with E-state index in [0.29, 0.717) is 10.6 Å². The average molecular weight is 299 g/mol. The van der Waals surface area contributed by atoms with Crippen molar-refractivity contribution in [2.75, 3.05) is 11.9 Å². The van der Waals surface area contributed by atoms with E-state index >= 15 is 0 Å². The fourth-order valence-corrected chi connectivity index (χ4v) is 2.75. The molecule has 0 bridgehead atoms. The zero-order valence-electron chi connectivity index (χ0n) is 12.3. The first-order chi connectivity index (χ1) is 10.0. The summed E-state index contributed by atoms with van der Waals surface area (Å²) in [5.41, 5.74) is 8.70. The Bertz CT molecular complexity index is 738. The quantitative estimate of drug-likeness (QED) is 0.838. The van der Waals surface area contributed by atoms with Crippen LogP contribution < -0.4 is 11.1 Å². The van der Waals surface area contributed by atoms with Crippen LogP contribution in [0.15, 0.2) is 18.2 Å². The largest absolute Gasteiger partial charge is 0.320 e. The second-order valence-corrected chi connectivity index (χ2v) is 5.86. The maximum absolute atomic E-state index is 12.3. The fraction of sp³-hybridized carbons (Fsp3) is 0.250. The molecule has 4 nitrogen and oxygen atoms in total. The number of benzene rings is 1. The number of carbonyl (C=O) groups is 1. The number of thiazole rings is 1. The lowest BCUT2D eigenvalue weighted by Gasteiger charge is -2.07. The highest BCUT2D eigenvalue weighted by atomic mass is 32.1. The lowest BCUT2D eigenvalue weighted by molar-refractivity contribution is 0.103. The van der Waals surface area contributed by atoms with Gasteiger partial charge in [-0.05, 0) is 38.5 Å². The zero-order chi connectivity index (χ0) is 15.4. The van der Waals surface area contributed by atoms with Crippen LogP contribution in [0.3, 0.4) is 0 Å². The first-order valence-corrected chi connectivity index (χ1v) is 7.38. The van der Waals surface area contributed by atoms with Crippen LogP contribution in [-0.2, 0) is 0 Å². The molecular weight excluding hydrogens is 282 g/mol.